The molecule has 1 aromatic heterocycles. The Morgan fingerprint density at radius 3 is 2.53 bits per heavy atom. The number of amides is 1. The number of hydrogen-bond donors (Lipinski definition) is 0. The number of ether oxygens (including phenoxy) is 1. The summed E-state index contributed by atoms with van der Waals surface area (Å²) >= 11 is 0. The predicted molar refractivity (Wildman–Crippen MR) is 98.4 cm³/mol. The number of carbonyl (C=O) groups is 2. The molecule has 168 valence electrons. The molecular formula is C17H22F3N3O6S. The van der Waals surface area contributed by atoms with Crippen LogP contribution in [0.5, 0.6) is 0 Å². The number of sulfonamides is 1. The van der Waals surface area contributed by atoms with Gasteiger partial charge >= 0.3 is 27.6 Å². The summed E-state index contributed by atoms with van der Waals surface area (Å²) in [6.45, 7) is 6.23. The normalized spacial score (nSPS) is 20.3. The summed E-state index contributed by atoms with van der Waals surface area (Å²) in [5.41, 5.74) is -5.83. The predicted octanol–water partition coefficient (Wildman–Crippen LogP) is 2.62. The lowest BCUT2D eigenvalue weighted by atomic mass is 9.94. The van der Waals surface area contributed by atoms with Crippen molar-refractivity contribution < 1.29 is 40.8 Å². The molecule has 0 spiro atoms. The first-order chi connectivity index (χ1) is 13.8. The monoisotopic (exact) mass is 453 g/mol. The molecule has 13 heteroatoms. The van der Waals surface area contributed by atoms with Crippen molar-refractivity contribution in [2.45, 2.75) is 51.7 Å². The van der Waals surface area contributed by atoms with Gasteiger partial charge in [0, 0.05) is 12.2 Å². The second kappa shape index (κ2) is 8.76. The Kier molecular flexibility index (Phi) is 6.97. The van der Waals surface area contributed by atoms with Gasteiger partial charge in [-0.3, -0.25) is 0 Å². The molecule has 0 aromatic carbocycles. The van der Waals surface area contributed by atoms with Gasteiger partial charge in [0.25, 0.3) is 0 Å². The molecule has 1 amide bonds. The van der Waals surface area contributed by atoms with Gasteiger partial charge in [0.05, 0.1) is 18.6 Å². The SMILES string of the molecule is CCOC(=O)N(c1ncccc1CC1C(=O)ON(C(C)C)C1C)S(=O)(=O)C(F)(F)F. The van der Waals surface area contributed by atoms with Gasteiger partial charge < -0.3 is 9.57 Å². The number of halogens is 3. The molecule has 1 aliphatic heterocycles. The summed E-state index contributed by atoms with van der Waals surface area (Å²) in [6, 6.07) is 2.05. The fourth-order valence-electron chi connectivity index (χ4n) is 3.05. The highest BCUT2D eigenvalue weighted by Gasteiger charge is 2.54. The molecule has 1 aliphatic rings. The van der Waals surface area contributed by atoms with Crippen LogP contribution in [-0.2, 0) is 30.8 Å². The van der Waals surface area contributed by atoms with Crippen LogP contribution in [0.15, 0.2) is 18.3 Å². The molecule has 1 saturated heterocycles. The smallest absolute Gasteiger partial charge is 0.449 e. The van der Waals surface area contributed by atoms with Gasteiger partial charge in [0.1, 0.15) is 0 Å². The Morgan fingerprint density at radius 2 is 2.03 bits per heavy atom. The molecule has 1 aromatic rings. The lowest BCUT2D eigenvalue weighted by Crippen LogP contribution is -2.46. The number of aromatic nitrogens is 1. The number of nitrogens with zero attached hydrogens (tertiary/aromatic N) is 3. The standard InChI is InChI=1S/C17H22F3N3O6S/c1-5-28-16(25)23(30(26,27)17(18,19)20)14-12(7-6-8-21-14)9-13-11(4)22(10(2)3)29-15(13)24/h6-8,10-11,13H,5,9H2,1-4H3. The Labute approximate surface area is 171 Å². The van der Waals surface area contributed by atoms with Crippen LogP contribution in [0, 0.1) is 5.92 Å². The second-order valence-corrected chi connectivity index (χ2v) is 8.59. The van der Waals surface area contributed by atoms with Gasteiger partial charge in [-0.05, 0) is 45.7 Å². The first kappa shape index (κ1) is 23.9. The fraction of sp³-hybridized carbons (Fsp3) is 0.588. The van der Waals surface area contributed by atoms with E-state index in [9.17, 15) is 31.2 Å². The van der Waals surface area contributed by atoms with Gasteiger partial charge in [-0.2, -0.15) is 21.6 Å². The van der Waals surface area contributed by atoms with Crippen LogP contribution < -0.4 is 4.31 Å². The van der Waals surface area contributed by atoms with Gasteiger partial charge in [0.2, 0.25) is 0 Å². The molecule has 1 fully saturated rings. The highest BCUT2D eigenvalue weighted by Crippen LogP contribution is 2.35. The lowest BCUT2D eigenvalue weighted by Gasteiger charge is -2.25. The van der Waals surface area contributed by atoms with Crippen LogP contribution in [-0.4, -0.2) is 54.7 Å². The number of rotatable bonds is 6. The van der Waals surface area contributed by atoms with Crippen LogP contribution in [0.2, 0.25) is 0 Å². The van der Waals surface area contributed by atoms with Crippen molar-refractivity contribution in [1.29, 1.82) is 0 Å². The average molecular weight is 453 g/mol. The van der Waals surface area contributed by atoms with Crippen molar-refractivity contribution in [3.63, 3.8) is 0 Å². The number of pyridine rings is 1. The third-order valence-corrected chi connectivity index (χ3v) is 5.84. The van der Waals surface area contributed by atoms with E-state index in [0.717, 1.165) is 6.20 Å². The molecule has 0 N–H and O–H groups in total. The number of alkyl halides is 3. The van der Waals surface area contributed by atoms with Crippen LogP contribution in [0.4, 0.5) is 23.8 Å². The Balaban J connectivity index is 2.52. The molecule has 0 radical (unpaired) electrons. The van der Waals surface area contributed by atoms with Crippen molar-refractivity contribution in [3.05, 3.63) is 23.9 Å². The minimum atomic E-state index is -6.15. The molecule has 2 heterocycles. The van der Waals surface area contributed by atoms with E-state index in [1.807, 2.05) is 0 Å². The van der Waals surface area contributed by atoms with Crippen LogP contribution in [0.1, 0.15) is 33.3 Å². The molecule has 0 saturated carbocycles. The topological polar surface area (TPSA) is 106 Å². The Hall–Kier alpha value is -2.41. The van der Waals surface area contributed by atoms with Gasteiger partial charge in [-0.25, -0.2) is 14.6 Å². The van der Waals surface area contributed by atoms with E-state index < -0.39 is 49.7 Å². The van der Waals surface area contributed by atoms with Gasteiger partial charge in [0.15, 0.2) is 5.82 Å². The van der Waals surface area contributed by atoms with E-state index in [1.165, 1.54) is 24.1 Å². The maximum Gasteiger partial charge on any atom is 0.517 e. The molecule has 2 atom stereocenters. The van der Waals surface area contributed by atoms with Crippen molar-refractivity contribution in [2.75, 3.05) is 10.9 Å². The quantitative estimate of drug-likeness (QED) is 0.647. The van der Waals surface area contributed by atoms with E-state index in [-0.39, 0.29) is 24.6 Å². The summed E-state index contributed by atoms with van der Waals surface area (Å²) in [4.78, 5) is 33.4. The molecule has 9 nitrogen and oxygen atoms in total. The maximum absolute atomic E-state index is 13.2. The summed E-state index contributed by atoms with van der Waals surface area (Å²) in [6.07, 6.45) is -0.913. The zero-order chi connectivity index (χ0) is 22.9. The first-order valence-electron chi connectivity index (χ1n) is 9.05. The first-order valence-corrected chi connectivity index (χ1v) is 10.5. The molecule has 2 unspecified atom stereocenters. The Bertz CT molecular complexity index is 906. The summed E-state index contributed by atoms with van der Waals surface area (Å²) in [5, 5.41) is 1.44. The summed E-state index contributed by atoms with van der Waals surface area (Å²) < 4.78 is 67.9. The molecule has 2 rings (SSSR count). The zero-order valence-corrected chi connectivity index (χ0v) is 17.5. The van der Waals surface area contributed by atoms with Crippen LogP contribution >= 0.6 is 0 Å². The molecular weight excluding hydrogens is 431 g/mol. The van der Waals surface area contributed by atoms with Crippen molar-refractivity contribution >= 4 is 27.9 Å². The van der Waals surface area contributed by atoms with E-state index >= 15 is 0 Å². The third kappa shape index (κ3) is 4.51. The molecule has 0 aliphatic carbocycles. The van der Waals surface area contributed by atoms with Crippen molar-refractivity contribution in [2.24, 2.45) is 5.92 Å². The molecule has 0 bridgehead atoms. The largest absolute Gasteiger partial charge is 0.517 e. The Morgan fingerprint density at radius 1 is 1.40 bits per heavy atom. The number of anilines is 1. The number of hydrogen-bond acceptors (Lipinski definition) is 8. The fourth-order valence-corrected chi connectivity index (χ4v) is 3.90. The number of carbonyl (C=O) groups excluding carboxylic acids is 2. The third-order valence-electron chi connectivity index (χ3n) is 4.46. The minimum absolute atomic E-state index is 0.0576. The summed E-state index contributed by atoms with van der Waals surface area (Å²) in [7, 11) is -6.15. The summed E-state index contributed by atoms with van der Waals surface area (Å²) in [5.74, 6) is -2.21. The van der Waals surface area contributed by atoms with Gasteiger partial charge in [-0.1, -0.05) is 6.07 Å². The highest BCUT2D eigenvalue weighted by atomic mass is 32.2. The zero-order valence-electron chi connectivity index (χ0n) is 16.7. The van der Waals surface area contributed by atoms with Crippen molar-refractivity contribution in [3.8, 4) is 0 Å². The number of hydroxylamine groups is 2. The minimum Gasteiger partial charge on any atom is -0.449 e. The molecule has 30 heavy (non-hydrogen) atoms. The van der Waals surface area contributed by atoms with E-state index in [0.29, 0.717) is 0 Å². The van der Waals surface area contributed by atoms with E-state index in [2.05, 4.69) is 9.72 Å². The average Bonchev–Trinajstić information content (AvgIpc) is 2.91. The van der Waals surface area contributed by atoms with E-state index in [4.69, 9.17) is 4.84 Å². The maximum atomic E-state index is 13.2. The van der Waals surface area contributed by atoms with Crippen LogP contribution in [0.3, 0.4) is 0 Å². The van der Waals surface area contributed by atoms with Crippen molar-refractivity contribution in [1.82, 2.24) is 10.0 Å². The second-order valence-electron chi connectivity index (χ2n) is 6.82. The van der Waals surface area contributed by atoms with E-state index in [1.54, 1.807) is 20.8 Å². The van der Waals surface area contributed by atoms with Crippen LogP contribution in [0.25, 0.3) is 0 Å². The van der Waals surface area contributed by atoms with Gasteiger partial charge in [-0.15, -0.1) is 9.37 Å². The highest BCUT2D eigenvalue weighted by molar-refractivity contribution is 7.94. The lowest BCUT2D eigenvalue weighted by molar-refractivity contribution is -0.182.